The Morgan fingerprint density at radius 1 is 1.15 bits per heavy atom. The Labute approximate surface area is 159 Å². The van der Waals surface area contributed by atoms with Crippen LogP contribution in [0.3, 0.4) is 0 Å². The minimum absolute atomic E-state index is 0.0189. The van der Waals surface area contributed by atoms with E-state index in [4.69, 9.17) is 10.00 Å². The number of ketones is 2. The fraction of sp³-hybridized carbons (Fsp3) is 0.348. The minimum Gasteiger partial charge on any atom is -0.497 e. The first kappa shape index (κ1) is 18.8. The maximum Gasteiger partial charge on any atom is 0.163 e. The van der Waals surface area contributed by atoms with Gasteiger partial charge in [0.05, 0.1) is 18.7 Å². The summed E-state index contributed by atoms with van der Waals surface area (Å²) in [4.78, 5) is 25.4. The first-order valence-electron chi connectivity index (χ1n) is 9.32. The van der Waals surface area contributed by atoms with Gasteiger partial charge in [-0.05, 0) is 54.8 Å². The van der Waals surface area contributed by atoms with E-state index in [1.54, 1.807) is 43.5 Å². The van der Waals surface area contributed by atoms with Gasteiger partial charge in [0.25, 0.3) is 0 Å². The van der Waals surface area contributed by atoms with Crippen LogP contribution in [0.2, 0.25) is 0 Å². The number of methoxy groups -OCH3 is 1. The van der Waals surface area contributed by atoms with E-state index in [1.807, 2.05) is 12.1 Å². The zero-order chi connectivity index (χ0) is 19.2. The molecule has 4 heteroatoms. The van der Waals surface area contributed by atoms with Crippen molar-refractivity contribution >= 4 is 11.6 Å². The lowest BCUT2D eigenvalue weighted by atomic mass is 9.73. The molecule has 138 valence electrons. The van der Waals surface area contributed by atoms with E-state index in [0.717, 1.165) is 24.8 Å². The monoisotopic (exact) mass is 361 g/mol. The van der Waals surface area contributed by atoms with Gasteiger partial charge in [-0.2, -0.15) is 5.26 Å². The lowest BCUT2D eigenvalue weighted by molar-refractivity contribution is -0.125. The minimum atomic E-state index is -0.153. The van der Waals surface area contributed by atoms with Crippen molar-refractivity contribution in [1.29, 1.82) is 5.26 Å². The molecule has 3 rings (SSSR count). The van der Waals surface area contributed by atoms with E-state index in [0.29, 0.717) is 23.3 Å². The molecule has 0 amide bonds. The first-order valence-corrected chi connectivity index (χ1v) is 9.32. The van der Waals surface area contributed by atoms with Crippen LogP contribution in [0.25, 0.3) is 0 Å². The molecule has 0 aliphatic heterocycles. The molecule has 0 heterocycles. The molecule has 27 heavy (non-hydrogen) atoms. The van der Waals surface area contributed by atoms with Gasteiger partial charge in [0.2, 0.25) is 0 Å². The van der Waals surface area contributed by atoms with Crippen molar-refractivity contribution in [2.45, 2.75) is 38.0 Å². The summed E-state index contributed by atoms with van der Waals surface area (Å²) in [5.41, 5.74) is 2.16. The Hall–Kier alpha value is -2.93. The maximum atomic E-state index is 12.9. The summed E-state index contributed by atoms with van der Waals surface area (Å²) in [6, 6.07) is 16.5. The molecular weight excluding hydrogens is 338 g/mol. The lowest BCUT2D eigenvalue weighted by Gasteiger charge is -2.29. The van der Waals surface area contributed by atoms with Crippen LogP contribution >= 0.6 is 0 Å². The highest BCUT2D eigenvalue weighted by molar-refractivity contribution is 5.97. The van der Waals surface area contributed by atoms with Gasteiger partial charge in [-0.25, -0.2) is 0 Å². The SMILES string of the molecule is COc1ccc(C(=O)CC(c2ccc(C#N)cc2)C2CCCCC2=O)cc1. The molecule has 0 spiro atoms. The zero-order valence-electron chi connectivity index (χ0n) is 15.5. The van der Waals surface area contributed by atoms with Crippen LogP contribution in [0, 0.1) is 17.2 Å². The average molecular weight is 361 g/mol. The Bertz CT molecular complexity index is 847. The van der Waals surface area contributed by atoms with Crippen molar-refractivity contribution in [3.05, 3.63) is 65.2 Å². The van der Waals surface area contributed by atoms with Gasteiger partial charge in [-0.1, -0.05) is 18.6 Å². The average Bonchev–Trinajstić information content (AvgIpc) is 2.72. The second kappa shape index (κ2) is 8.64. The van der Waals surface area contributed by atoms with Crippen LogP contribution in [0.15, 0.2) is 48.5 Å². The molecule has 1 saturated carbocycles. The van der Waals surface area contributed by atoms with Gasteiger partial charge in [-0.3, -0.25) is 9.59 Å². The van der Waals surface area contributed by atoms with Crippen LogP contribution in [0.4, 0.5) is 0 Å². The molecule has 0 bridgehead atoms. The van der Waals surface area contributed by atoms with E-state index in [9.17, 15) is 9.59 Å². The largest absolute Gasteiger partial charge is 0.497 e. The van der Waals surface area contributed by atoms with Crippen LogP contribution < -0.4 is 4.74 Å². The number of carbonyl (C=O) groups is 2. The number of hydrogen-bond acceptors (Lipinski definition) is 4. The van der Waals surface area contributed by atoms with E-state index in [2.05, 4.69) is 6.07 Å². The van der Waals surface area contributed by atoms with E-state index < -0.39 is 0 Å². The summed E-state index contributed by atoms with van der Waals surface area (Å²) in [7, 11) is 1.59. The van der Waals surface area contributed by atoms with Gasteiger partial charge in [-0.15, -0.1) is 0 Å². The summed E-state index contributed by atoms with van der Waals surface area (Å²) in [5, 5.41) is 9.03. The Morgan fingerprint density at radius 3 is 2.44 bits per heavy atom. The molecule has 2 aromatic carbocycles. The number of rotatable bonds is 6. The number of carbonyl (C=O) groups excluding carboxylic acids is 2. The summed E-state index contributed by atoms with van der Waals surface area (Å²) < 4.78 is 5.15. The Morgan fingerprint density at radius 2 is 1.85 bits per heavy atom. The zero-order valence-corrected chi connectivity index (χ0v) is 15.5. The summed E-state index contributed by atoms with van der Waals surface area (Å²) >= 11 is 0. The molecule has 0 radical (unpaired) electrons. The topological polar surface area (TPSA) is 67.2 Å². The molecule has 1 aliphatic carbocycles. The van der Waals surface area contributed by atoms with Gasteiger partial charge >= 0.3 is 0 Å². The van der Waals surface area contributed by atoms with E-state index in [1.165, 1.54) is 0 Å². The highest BCUT2D eigenvalue weighted by Crippen LogP contribution is 2.37. The highest BCUT2D eigenvalue weighted by Gasteiger charge is 2.32. The van der Waals surface area contributed by atoms with Gasteiger partial charge in [0.15, 0.2) is 5.78 Å². The van der Waals surface area contributed by atoms with Crippen molar-refractivity contribution in [2.24, 2.45) is 5.92 Å². The fourth-order valence-corrected chi connectivity index (χ4v) is 3.83. The Kier molecular flexibility index (Phi) is 6.03. The second-order valence-corrected chi connectivity index (χ2v) is 7.01. The predicted octanol–water partition coefficient (Wildman–Crippen LogP) is 4.68. The van der Waals surface area contributed by atoms with Gasteiger partial charge in [0.1, 0.15) is 11.5 Å². The molecule has 0 saturated heterocycles. The van der Waals surface area contributed by atoms with Crippen LogP contribution in [0.1, 0.15) is 59.5 Å². The lowest BCUT2D eigenvalue weighted by Crippen LogP contribution is -2.27. The normalized spacial score (nSPS) is 17.8. The summed E-state index contributed by atoms with van der Waals surface area (Å²) in [6.45, 7) is 0. The molecule has 1 fully saturated rings. The number of ether oxygens (including phenoxy) is 1. The molecular formula is C23H23NO3. The van der Waals surface area contributed by atoms with Crippen LogP contribution in [-0.2, 0) is 4.79 Å². The van der Waals surface area contributed by atoms with E-state index >= 15 is 0 Å². The molecule has 2 aromatic rings. The highest BCUT2D eigenvalue weighted by atomic mass is 16.5. The molecule has 4 nitrogen and oxygen atoms in total. The third-order valence-electron chi connectivity index (χ3n) is 5.37. The maximum absolute atomic E-state index is 12.9. The second-order valence-electron chi connectivity index (χ2n) is 7.01. The number of Topliss-reactive ketones (excluding diaryl/α,β-unsaturated/α-hetero) is 2. The number of nitrogens with zero attached hydrogens (tertiary/aromatic N) is 1. The molecule has 2 unspecified atom stereocenters. The summed E-state index contributed by atoms with van der Waals surface area (Å²) in [5.74, 6) is 0.690. The number of hydrogen-bond donors (Lipinski definition) is 0. The van der Waals surface area contributed by atoms with Crippen LogP contribution in [-0.4, -0.2) is 18.7 Å². The molecule has 2 atom stereocenters. The molecule has 0 N–H and O–H groups in total. The third kappa shape index (κ3) is 4.43. The van der Waals surface area contributed by atoms with Gasteiger partial charge in [0, 0.05) is 30.2 Å². The van der Waals surface area contributed by atoms with Crippen molar-refractivity contribution in [3.63, 3.8) is 0 Å². The quantitative estimate of drug-likeness (QED) is 0.701. The van der Waals surface area contributed by atoms with Crippen LogP contribution in [0.5, 0.6) is 5.75 Å². The molecule has 1 aliphatic rings. The van der Waals surface area contributed by atoms with Crippen molar-refractivity contribution in [2.75, 3.05) is 7.11 Å². The summed E-state index contributed by atoms with van der Waals surface area (Å²) in [6.07, 6.45) is 3.64. The van der Waals surface area contributed by atoms with Crippen molar-refractivity contribution < 1.29 is 14.3 Å². The standard InChI is InChI=1S/C23H23NO3/c1-27-19-12-10-18(11-13-19)23(26)14-21(20-4-2-3-5-22(20)25)17-8-6-16(15-24)7-9-17/h6-13,20-21H,2-5,14H2,1H3. The fourth-order valence-electron chi connectivity index (χ4n) is 3.83. The van der Waals surface area contributed by atoms with Crippen molar-refractivity contribution in [3.8, 4) is 11.8 Å². The smallest absolute Gasteiger partial charge is 0.163 e. The first-order chi connectivity index (χ1) is 13.1. The third-order valence-corrected chi connectivity index (χ3v) is 5.37. The Balaban J connectivity index is 1.87. The number of nitriles is 1. The predicted molar refractivity (Wildman–Crippen MR) is 103 cm³/mol. The molecule has 0 aromatic heterocycles. The van der Waals surface area contributed by atoms with Gasteiger partial charge < -0.3 is 4.74 Å². The van der Waals surface area contributed by atoms with Crippen molar-refractivity contribution in [1.82, 2.24) is 0 Å². The van der Waals surface area contributed by atoms with E-state index in [-0.39, 0.29) is 29.8 Å². The number of benzene rings is 2.